The summed E-state index contributed by atoms with van der Waals surface area (Å²) in [5.74, 6) is 0.328. The standard InChI is InChI=1S/C11H12BrN3O3/c12-9-4-8(1-2-10(9)15(17)18)14-11(16)3-7-5-13-6-7/h1-2,4,7,13H,3,5-6H2,(H,14,16). The van der Waals surface area contributed by atoms with Crippen LogP contribution >= 0.6 is 15.9 Å². The first kappa shape index (κ1) is 13.0. The number of nitrogens with one attached hydrogen (secondary N) is 2. The van der Waals surface area contributed by atoms with Gasteiger partial charge in [0, 0.05) is 18.2 Å². The van der Waals surface area contributed by atoms with Crippen molar-refractivity contribution in [2.75, 3.05) is 18.4 Å². The predicted molar refractivity (Wildman–Crippen MR) is 70.4 cm³/mol. The Morgan fingerprint density at radius 1 is 1.56 bits per heavy atom. The zero-order valence-electron chi connectivity index (χ0n) is 9.48. The molecule has 0 atom stereocenters. The lowest BCUT2D eigenvalue weighted by molar-refractivity contribution is -0.385. The molecule has 6 nitrogen and oxygen atoms in total. The Balaban J connectivity index is 1.98. The van der Waals surface area contributed by atoms with Crippen LogP contribution in [-0.4, -0.2) is 23.9 Å². The molecule has 0 radical (unpaired) electrons. The Labute approximate surface area is 112 Å². The Morgan fingerprint density at radius 3 is 2.78 bits per heavy atom. The first-order chi connectivity index (χ1) is 8.56. The highest BCUT2D eigenvalue weighted by molar-refractivity contribution is 9.10. The predicted octanol–water partition coefficient (Wildman–Crippen LogP) is 1.91. The van der Waals surface area contributed by atoms with Crippen molar-refractivity contribution in [1.29, 1.82) is 0 Å². The SMILES string of the molecule is O=C(CC1CNC1)Nc1ccc([N+](=O)[O-])c(Br)c1. The van der Waals surface area contributed by atoms with Crippen LogP contribution in [-0.2, 0) is 4.79 Å². The van der Waals surface area contributed by atoms with Crippen molar-refractivity contribution in [2.24, 2.45) is 5.92 Å². The molecule has 0 bridgehead atoms. The highest BCUT2D eigenvalue weighted by Crippen LogP contribution is 2.27. The average Bonchev–Trinajstić information content (AvgIpc) is 2.23. The van der Waals surface area contributed by atoms with Crippen molar-refractivity contribution in [2.45, 2.75) is 6.42 Å². The van der Waals surface area contributed by atoms with Crippen LogP contribution in [0.1, 0.15) is 6.42 Å². The van der Waals surface area contributed by atoms with Crippen molar-refractivity contribution in [3.05, 3.63) is 32.8 Å². The molecule has 0 aromatic heterocycles. The van der Waals surface area contributed by atoms with Gasteiger partial charge in [-0.2, -0.15) is 0 Å². The summed E-state index contributed by atoms with van der Waals surface area (Å²) in [5.41, 5.74) is 0.543. The molecule has 2 N–H and O–H groups in total. The summed E-state index contributed by atoms with van der Waals surface area (Å²) in [7, 11) is 0. The molecular weight excluding hydrogens is 302 g/mol. The molecular formula is C11H12BrN3O3. The summed E-state index contributed by atoms with van der Waals surface area (Å²) < 4.78 is 0.357. The van der Waals surface area contributed by atoms with Crippen LogP contribution in [0.3, 0.4) is 0 Å². The van der Waals surface area contributed by atoms with E-state index in [1.165, 1.54) is 18.2 Å². The minimum absolute atomic E-state index is 0.0174. The number of nitrogens with zero attached hydrogens (tertiary/aromatic N) is 1. The molecule has 1 aromatic carbocycles. The maximum Gasteiger partial charge on any atom is 0.283 e. The van der Waals surface area contributed by atoms with Crippen LogP contribution in [0.5, 0.6) is 0 Å². The molecule has 1 aliphatic rings. The molecule has 1 heterocycles. The molecule has 1 aliphatic heterocycles. The van der Waals surface area contributed by atoms with Crippen LogP contribution in [0, 0.1) is 16.0 Å². The van der Waals surface area contributed by atoms with Crippen LogP contribution in [0.4, 0.5) is 11.4 Å². The number of carbonyl (C=O) groups excluding carboxylic acids is 1. The lowest BCUT2D eigenvalue weighted by Gasteiger charge is -2.26. The molecule has 0 aliphatic carbocycles. The van der Waals surface area contributed by atoms with Crippen molar-refractivity contribution in [1.82, 2.24) is 5.32 Å². The average molecular weight is 314 g/mol. The Kier molecular flexibility index (Phi) is 3.93. The van der Waals surface area contributed by atoms with E-state index < -0.39 is 4.92 Å². The third-order valence-corrected chi connectivity index (χ3v) is 3.40. The van der Waals surface area contributed by atoms with Gasteiger partial charge in [-0.1, -0.05) is 0 Å². The molecule has 1 fully saturated rings. The molecule has 0 unspecified atom stereocenters. The Hall–Kier alpha value is -1.47. The molecule has 2 rings (SSSR count). The van der Waals surface area contributed by atoms with E-state index in [9.17, 15) is 14.9 Å². The number of nitro groups is 1. The molecule has 7 heteroatoms. The lowest BCUT2D eigenvalue weighted by atomic mass is 9.99. The summed E-state index contributed by atoms with van der Waals surface area (Å²) >= 11 is 3.11. The van der Waals surface area contributed by atoms with E-state index in [2.05, 4.69) is 26.6 Å². The molecule has 1 aromatic rings. The number of hydrogen-bond acceptors (Lipinski definition) is 4. The van der Waals surface area contributed by atoms with E-state index in [4.69, 9.17) is 0 Å². The number of anilines is 1. The normalized spacial score (nSPS) is 14.9. The van der Waals surface area contributed by atoms with Gasteiger partial charge in [0.15, 0.2) is 0 Å². The van der Waals surface area contributed by atoms with Crippen molar-refractivity contribution in [3.63, 3.8) is 0 Å². The maximum absolute atomic E-state index is 11.7. The van der Waals surface area contributed by atoms with Gasteiger partial charge in [0.2, 0.25) is 5.91 Å². The van der Waals surface area contributed by atoms with Gasteiger partial charge in [-0.3, -0.25) is 14.9 Å². The van der Waals surface area contributed by atoms with E-state index in [1.54, 1.807) is 0 Å². The first-order valence-corrected chi connectivity index (χ1v) is 6.30. The number of carbonyl (C=O) groups is 1. The molecule has 96 valence electrons. The Bertz CT molecular complexity index is 488. The van der Waals surface area contributed by atoms with E-state index in [0.29, 0.717) is 22.5 Å². The first-order valence-electron chi connectivity index (χ1n) is 5.51. The van der Waals surface area contributed by atoms with Gasteiger partial charge in [0.1, 0.15) is 0 Å². The number of halogens is 1. The number of hydrogen-bond donors (Lipinski definition) is 2. The van der Waals surface area contributed by atoms with Crippen molar-refractivity contribution >= 4 is 33.2 Å². The molecule has 1 saturated heterocycles. The van der Waals surface area contributed by atoms with Gasteiger partial charge in [-0.05, 0) is 47.1 Å². The topological polar surface area (TPSA) is 84.3 Å². The summed E-state index contributed by atoms with van der Waals surface area (Å²) in [6.45, 7) is 1.74. The highest BCUT2D eigenvalue weighted by atomic mass is 79.9. The van der Waals surface area contributed by atoms with Gasteiger partial charge in [-0.15, -0.1) is 0 Å². The molecule has 18 heavy (non-hydrogen) atoms. The maximum atomic E-state index is 11.7. The van der Waals surface area contributed by atoms with Gasteiger partial charge >= 0.3 is 0 Å². The fourth-order valence-corrected chi connectivity index (χ4v) is 2.22. The van der Waals surface area contributed by atoms with Crippen LogP contribution in [0.15, 0.2) is 22.7 Å². The second-order valence-electron chi connectivity index (χ2n) is 4.20. The quantitative estimate of drug-likeness (QED) is 0.657. The van der Waals surface area contributed by atoms with Crippen molar-refractivity contribution in [3.8, 4) is 0 Å². The van der Waals surface area contributed by atoms with E-state index in [1.807, 2.05) is 0 Å². The third-order valence-electron chi connectivity index (χ3n) is 2.77. The van der Waals surface area contributed by atoms with Gasteiger partial charge in [-0.25, -0.2) is 0 Å². The molecule has 0 saturated carbocycles. The van der Waals surface area contributed by atoms with Crippen LogP contribution in [0.25, 0.3) is 0 Å². The monoisotopic (exact) mass is 313 g/mol. The summed E-state index contributed by atoms with van der Waals surface area (Å²) in [4.78, 5) is 21.8. The van der Waals surface area contributed by atoms with Gasteiger partial charge < -0.3 is 10.6 Å². The summed E-state index contributed by atoms with van der Waals surface area (Å²) in [6, 6.07) is 4.43. The number of nitro benzene ring substituents is 1. The zero-order valence-corrected chi connectivity index (χ0v) is 11.1. The zero-order chi connectivity index (χ0) is 13.1. The van der Waals surface area contributed by atoms with Gasteiger partial charge in [0.25, 0.3) is 5.69 Å². The number of benzene rings is 1. The minimum atomic E-state index is -0.476. The molecule has 1 amide bonds. The Morgan fingerprint density at radius 2 is 2.28 bits per heavy atom. The van der Waals surface area contributed by atoms with E-state index >= 15 is 0 Å². The summed E-state index contributed by atoms with van der Waals surface area (Å²) in [5, 5.41) is 16.5. The molecule has 0 spiro atoms. The van der Waals surface area contributed by atoms with E-state index in [-0.39, 0.29) is 11.6 Å². The van der Waals surface area contributed by atoms with Crippen molar-refractivity contribution < 1.29 is 9.72 Å². The largest absolute Gasteiger partial charge is 0.326 e. The van der Waals surface area contributed by atoms with E-state index in [0.717, 1.165) is 13.1 Å². The highest BCUT2D eigenvalue weighted by Gasteiger charge is 2.20. The second kappa shape index (κ2) is 5.45. The number of rotatable bonds is 4. The second-order valence-corrected chi connectivity index (χ2v) is 5.05. The smallest absolute Gasteiger partial charge is 0.283 e. The number of amides is 1. The van der Waals surface area contributed by atoms with Crippen LogP contribution < -0.4 is 10.6 Å². The van der Waals surface area contributed by atoms with Gasteiger partial charge in [0.05, 0.1) is 9.40 Å². The summed E-state index contributed by atoms with van der Waals surface area (Å²) in [6.07, 6.45) is 0.474. The third kappa shape index (κ3) is 3.05. The fraction of sp³-hybridized carbons (Fsp3) is 0.364. The van der Waals surface area contributed by atoms with Crippen LogP contribution in [0.2, 0.25) is 0 Å². The minimum Gasteiger partial charge on any atom is -0.326 e. The fourth-order valence-electron chi connectivity index (χ4n) is 1.70. The lowest BCUT2D eigenvalue weighted by Crippen LogP contribution is -2.43.